The lowest BCUT2D eigenvalue weighted by atomic mass is 10.1. The minimum Gasteiger partial charge on any atom is -0.368 e. The van der Waals surface area contributed by atoms with Crippen LogP contribution in [0.4, 0.5) is 17.6 Å². The van der Waals surface area contributed by atoms with Crippen LogP contribution in [0.2, 0.25) is 0 Å². The Morgan fingerprint density at radius 2 is 1.12 bits per heavy atom. The molecule has 1 aromatic heterocycles. The number of nitrogen functional groups attached to an aromatic ring is 1. The van der Waals surface area contributed by atoms with Gasteiger partial charge in [0, 0.05) is 18.2 Å². The number of nitrogens with one attached hydrogen (secondary N) is 2. The van der Waals surface area contributed by atoms with Crippen molar-refractivity contribution in [2.24, 2.45) is 0 Å². The number of hydrogen-bond donors (Lipinski definition) is 3. The van der Waals surface area contributed by atoms with Gasteiger partial charge in [0.25, 0.3) is 0 Å². The molecular weight excluding hydrogens is 310 g/mol. The van der Waals surface area contributed by atoms with Gasteiger partial charge in [0.1, 0.15) is 11.6 Å². The van der Waals surface area contributed by atoms with Gasteiger partial charge >= 0.3 is 0 Å². The number of nitrogens with zero attached hydrogens (tertiary/aromatic N) is 2. The Morgan fingerprint density at radius 1 is 0.720 bits per heavy atom. The van der Waals surface area contributed by atoms with Gasteiger partial charge in [-0.05, 0) is 25.0 Å². The lowest BCUT2D eigenvalue weighted by molar-refractivity contribution is 0.861. The highest BCUT2D eigenvalue weighted by atomic mass is 15.1. The van der Waals surface area contributed by atoms with Crippen LogP contribution in [0.1, 0.15) is 37.1 Å². The molecule has 0 saturated heterocycles. The van der Waals surface area contributed by atoms with Gasteiger partial charge in [0.15, 0.2) is 0 Å². The van der Waals surface area contributed by atoms with E-state index in [0.717, 1.165) is 0 Å². The van der Waals surface area contributed by atoms with Gasteiger partial charge in [-0.15, -0.1) is 0 Å². The summed E-state index contributed by atoms with van der Waals surface area (Å²) >= 11 is 0. The van der Waals surface area contributed by atoms with Crippen LogP contribution in [0.15, 0.2) is 66.7 Å². The molecule has 5 nitrogen and oxygen atoms in total. The number of rotatable bonds is 6. The predicted octanol–water partition coefficient (Wildman–Crippen LogP) is 4.41. The molecule has 3 rings (SSSR count). The van der Waals surface area contributed by atoms with Crippen LogP contribution in [-0.2, 0) is 0 Å². The van der Waals surface area contributed by atoms with Gasteiger partial charge in [-0.3, -0.25) is 0 Å². The first-order valence-electron chi connectivity index (χ1n) is 8.39. The van der Waals surface area contributed by atoms with Crippen molar-refractivity contribution >= 4 is 17.6 Å². The maximum absolute atomic E-state index is 5.89. The van der Waals surface area contributed by atoms with Crippen LogP contribution < -0.4 is 16.4 Å². The number of hydrogen-bond acceptors (Lipinski definition) is 5. The van der Waals surface area contributed by atoms with E-state index in [1.54, 1.807) is 0 Å². The van der Waals surface area contributed by atoms with Crippen molar-refractivity contribution in [3.63, 3.8) is 0 Å². The predicted molar refractivity (Wildman–Crippen MR) is 103 cm³/mol. The Bertz CT molecular complexity index is 739. The molecule has 0 amide bonds. The SMILES string of the molecule is CC(Nc1cc(NC(C)c2ccccc2)nc(N)n1)c1ccccc1. The lowest BCUT2D eigenvalue weighted by Gasteiger charge is -2.18. The van der Waals surface area contributed by atoms with Crippen molar-refractivity contribution in [3.8, 4) is 0 Å². The van der Waals surface area contributed by atoms with Crippen LogP contribution in [0.25, 0.3) is 0 Å². The summed E-state index contributed by atoms with van der Waals surface area (Å²) in [6, 6.07) is 22.6. The third-order valence-corrected chi connectivity index (χ3v) is 4.07. The van der Waals surface area contributed by atoms with Gasteiger partial charge in [-0.2, -0.15) is 9.97 Å². The number of nitrogens with two attached hydrogens (primary N) is 1. The zero-order chi connectivity index (χ0) is 17.6. The van der Waals surface area contributed by atoms with E-state index in [9.17, 15) is 0 Å². The second-order valence-corrected chi connectivity index (χ2v) is 6.05. The van der Waals surface area contributed by atoms with E-state index >= 15 is 0 Å². The zero-order valence-corrected chi connectivity index (χ0v) is 14.5. The minimum absolute atomic E-state index is 0.120. The van der Waals surface area contributed by atoms with Gasteiger partial charge in [0.2, 0.25) is 5.95 Å². The average molecular weight is 333 g/mol. The summed E-state index contributed by atoms with van der Waals surface area (Å²) < 4.78 is 0. The van der Waals surface area contributed by atoms with Crippen LogP contribution in [0.3, 0.4) is 0 Å². The third kappa shape index (κ3) is 4.47. The van der Waals surface area contributed by atoms with Crippen LogP contribution in [-0.4, -0.2) is 9.97 Å². The molecule has 0 bridgehead atoms. The number of benzene rings is 2. The highest BCUT2D eigenvalue weighted by Gasteiger charge is 2.10. The summed E-state index contributed by atoms with van der Waals surface area (Å²) in [6.07, 6.45) is 0. The maximum atomic E-state index is 5.89. The highest BCUT2D eigenvalue weighted by molar-refractivity contribution is 5.53. The van der Waals surface area contributed by atoms with Crippen molar-refractivity contribution in [1.29, 1.82) is 0 Å². The number of anilines is 3. The fourth-order valence-corrected chi connectivity index (χ4v) is 2.71. The summed E-state index contributed by atoms with van der Waals surface area (Å²) in [4.78, 5) is 8.59. The van der Waals surface area contributed by atoms with E-state index in [-0.39, 0.29) is 18.0 Å². The van der Waals surface area contributed by atoms with Crippen LogP contribution in [0, 0.1) is 0 Å². The Balaban J connectivity index is 1.74. The molecule has 128 valence electrons. The van der Waals surface area contributed by atoms with Crippen LogP contribution >= 0.6 is 0 Å². The van der Waals surface area contributed by atoms with E-state index in [0.29, 0.717) is 11.6 Å². The highest BCUT2D eigenvalue weighted by Crippen LogP contribution is 2.23. The topological polar surface area (TPSA) is 75.9 Å². The van der Waals surface area contributed by atoms with Gasteiger partial charge in [0.05, 0.1) is 0 Å². The number of aromatic nitrogens is 2. The molecule has 3 aromatic rings. The summed E-state index contributed by atoms with van der Waals surface area (Å²) in [7, 11) is 0. The summed E-state index contributed by atoms with van der Waals surface area (Å²) in [5.74, 6) is 1.64. The zero-order valence-electron chi connectivity index (χ0n) is 14.5. The van der Waals surface area contributed by atoms with E-state index < -0.39 is 0 Å². The molecule has 0 aliphatic heterocycles. The molecule has 0 radical (unpaired) electrons. The fraction of sp³-hybridized carbons (Fsp3) is 0.200. The van der Waals surface area contributed by atoms with Gasteiger partial charge in [-0.25, -0.2) is 0 Å². The van der Waals surface area contributed by atoms with Crippen molar-refractivity contribution in [3.05, 3.63) is 77.9 Å². The second-order valence-electron chi connectivity index (χ2n) is 6.05. The van der Waals surface area contributed by atoms with Crippen molar-refractivity contribution in [1.82, 2.24) is 9.97 Å². The molecular formula is C20H23N5. The van der Waals surface area contributed by atoms with Crippen molar-refractivity contribution in [2.45, 2.75) is 25.9 Å². The van der Waals surface area contributed by atoms with Crippen molar-refractivity contribution in [2.75, 3.05) is 16.4 Å². The summed E-state index contributed by atoms with van der Waals surface area (Å²) in [5.41, 5.74) is 8.26. The molecule has 0 aliphatic carbocycles. The van der Waals surface area contributed by atoms with Gasteiger partial charge in [-0.1, -0.05) is 60.7 Å². The van der Waals surface area contributed by atoms with Gasteiger partial charge < -0.3 is 16.4 Å². The average Bonchev–Trinajstić information content (AvgIpc) is 2.62. The molecule has 0 spiro atoms. The Labute approximate surface area is 148 Å². The van der Waals surface area contributed by atoms with Crippen LogP contribution in [0.5, 0.6) is 0 Å². The Morgan fingerprint density at radius 3 is 1.52 bits per heavy atom. The standard InChI is InChI=1S/C20H23N5/c1-14(16-9-5-3-6-10-16)22-18-13-19(25-20(21)24-18)23-15(2)17-11-7-4-8-12-17/h3-15H,1-2H3,(H4,21,22,23,24,25). The molecule has 0 saturated carbocycles. The first kappa shape index (κ1) is 16.8. The third-order valence-electron chi connectivity index (χ3n) is 4.07. The first-order chi connectivity index (χ1) is 12.1. The smallest absolute Gasteiger partial charge is 0.223 e. The Kier molecular flexibility index (Phi) is 5.14. The fourth-order valence-electron chi connectivity index (χ4n) is 2.71. The minimum atomic E-state index is 0.120. The molecule has 0 fully saturated rings. The van der Waals surface area contributed by atoms with E-state index in [1.165, 1.54) is 11.1 Å². The largest absolute Gasteiger partial charge is 0.368 e. The lowest BCUT2D eigenvalue weighted by Crippen LogP contribution is -2.12. The molecule has 2 unspecified atom stereocenters. The Hall–Kier alpha value is -3.08. The van der Waals surface area contributed by atoms with E-state index in [4.69, 9.17) is 5.73 Å². The van der Waals surface area contributed by atoms with E-state index in [1.807, 2.05) is 42.5 Å². The quantitative estimate of drug-likeness (QED) is 0.623. The second kappa shape index (κ2) is 7.66. The molecule has 0 aliphatic rings. The monoisotopic (exact) mass is 333 g/mol. The summed E-state index contributed by atoms with van der Waals surface area (Å²) in [6.45, 7) is 4.18. The van der Waals surface area contributed by atoms with Crippen molar-refractivity contribution < 1.29 is 0 Å². The molecule has 5 heteroatoms. The van der Waals surface area contributed by atoms with E-state index in [2.05, 4.69) is 58.7 Å². The molecule has 1 heterocycles. The molecule has 2 aromatic carbocycles. The molecule has 2 atom stereocenters. The maximum Gasteiger partial charge on any atom is 0.223 e. The normalized spacial score (nSPS) is 13.0. The molecule has 25 heavy (non-hydrogen) atoms. The first-order valence-corrected chi connectivity index (χ1v) is 8.39. The molecule has 4 N–H and O–H groups in total. The summed E-state index contributed by atoms with van der Waals surface area (Å²) in [5, 5.41) is 6.76.